The molecule has 0 saturated carbocycles. The molecule has 0 radical (unpaired) electrons. The number of carbonyl (C=O) groups is 2. The number of methoxy groups -OCH3 is 1. The number of ether oxygens (including phenoxy) is 1. The molecule has 0 atom stereocenters. The molecular formula is C5H8BrNO3. The number of alkyl halides is 1. The Kier molecular flexibility index (Phi) is 4.92. The molecule has 0 unspecified atom stereocenters. The number of hydrogen-bond donors (Lipinski definition) is 1. The maximum absolute atomic E-state index is 10.5. The second kappa shape index (κ2) is 5.22. The van der Waals surface area contributed by atoms with E-state index in [-0.39, 0.29) is 17.8 Å². The summed E-state index contributed by atoms with van der Waals surface area (Å²) in [6.45, 7) is -0.0685. The van der Waals surface area contributed by atoms with E-state index >= 15 is 0 Å². The zero-order valence-corrected chi connectivity index (χ0v) is 7.10. The predicted octanol–water partition coefficient (Wildman–Crippen LogP) is -0.330. The largest absolute Gasteiger partial charge is 0.468 e. The van der Waals surface area contributed by atoms with Gasteiger partial charge < -0.3 is 10.1 Å². The van der Waals surface area contributed by atoms with Gasteiger partial charge in [-0.15, -0.1) is 0 Å². The summed E-state index contributed by atoms with van der Waals surface area (Å²) in [6, 6.07) is 0. The van der Waals surface area contributed by atoms with E-state index in [9.17, 15) is 9.59 Å². The fourth-order valence-corrected chi connectivity index (χ4v) is 0.488. The van der Waals surface area contributed by atoms with Crippen LogP contribution in [-0.2, 0) is 14.3 Å². The molecule has 0 spiro atoms. The lowest BCUT2D eigenvalue weighted by Gasteiger charge is -1.99. The highest BCUT2D eigenvalue weighted by Gasteiger charge is 2.01. The van der Waals surface area contributed by atoms with Gasteiger partial charge in [0, 0.05) is 0 Å². The summed E-state index contributed by atoms with van der Waals surface area (Å²) in [6.07, 6.45) is 0. The van der Waals surface area contributed by atoms with Gasteiger partial charge in [-0.1, -0.05) is 15.9 Å². The van der Waals surface area contributed by atoms with Crippen molar-refractivity contribution in [3.63, 3.8) is 0 Å². The van der Waals surface area contributed by atoms with Crippen LogP contribution in [0, 0.1) is 0 Å². The van der Waals surface area contributed by atoms with Crippen molar-refractivity contribution in [1.82, 2.24) is 5.32 Å². The predicted molar refractivity (Wildman–Crippen MR) is 38.8 cm³/mol. The van der Waals surface area contributed by atoms with Gasteiger partial charge in [0.25, 0.3) is 0 Å². The van der Waals surface area contributed by atoms with Crippen molar-refractivity contribution in [3.8, 4) is 0 Å². The van der Waals surface area contributed by atoms with E-state index in [0.717, 1.165) is 0 Å². The van der Waals surface area contributed by atoms with Gasteiger partial charge in [-0.3, -0.25) is 9.59 Å². The van der Waals surface area contributed by atoms with E-state index in [0.29, 0.717) is 0 Å². The third-order valence-electron chi connectivity index (χ3n) is 0.779. The molecule has 0 fully saturated rings. The Balaban J connectivity index is 3.35. The summed E-state index contributed by atoms with van der Waals surface area (Å²) in [4.78, 5) is 20.8. The van der Waals surface area contributed by atoms with E-state index in [4.69, 9.17) is 0 Å². The molecule has 58 valence electrons. The topological polar surface area (TPSA) is 55.4 Å². The molecule has 0 aliphatic rings. The maximum Gasteiger partial charge on any atom is 0.325 e. The van der Waals surface area contributed by atoms with Crippen molar-refractivity contribution >= 4 is 27.8 Å². The highest BCUT2D eigenvalue weighted by Crippen LogP contribution is 1.78. The smallest absolute Gasteiger partial charge is 0.325 e. The SMILES string of the molecule is COC(=O)CNC(=O)CBr. The molecule has 5 heteroatoms. The van der Waals surface area contributed by atoms with Gasteiger partial charge in [-0.2, -0.15) is 0 Å². The highest BCUT2D eigenvalue weighted by molar-refractivity contribution is 9.09. The van der Waals surface area contributed by atoms with Crippen LogP contribution in [0.25, 0.3) is 0 Å². The van der Waals surface area contributed by atoms with Gasteiger partial charge in [-0.05, 0) is 0 Å². The Morgan fingerprint density at radius 3 is 2.60 bits per heavy atom. The minimum absolute atomic E-state index is 0.0685. The van der Waals surface area contributed by atoms with Gasteiger partial charge in [0.05, 0.1) is 12.4 Å². The second-order valence-electron chi connectivity index (χ2n) is 1.49. The van der Waals surface area contributed by atoms with Crippen molar-refractivity contribution < 1.29 is 14.3 Å². The highest BCUT2D eigenvalue weighted by atomic mass is 79.9. The Hall–Kier alpha value is -0.580. The lowest BCUT2D eigenvalue weighted by Crippen LogP contribution is -2.30. The van der Waals surface area contributed by atoms with Crippen LogP contribution < -0.4 is 5.32 Å². The second-order valence-corrected chi connectivity index (χ2v) is 2.05. The quantitative estimate of drug-likeness (QED) is 0.512. The number of nitrogens with one attached hydrogen (secondary N) is 1. The van der Waals surface area contributed by atoms with Crippen LogP contribution in [0.1, 0.15) is 0 Å². The molecule has 0 aliphatic carbocycles. The van der Waals surface area contributed by atoms with Crippen molar-refractivity contribution in [3.05, 3.63) is 0 Å². The normalized spacial score (nSPS) is 8.60. The first-order valence-corrected chi connectivity index (χ1v) is 3.72. The molecule has 4 nitrogen and oxygen atoms in total. The zero-order chi connectivity index (χ0) is 7.98. The van der Waals surface area contributed by atoms with Gasteiger partial charge in [0.1, 0.15) is 6.54 Å². The minimum Gasteiger partial charge on any atom is -0.468 e. The van der Waals surface area contributed by atoms with Crippen LogP contribution in [0.15, 0.2) is 0 Å². The summed E-state index contributed by atoms with van der Waals surface area (Å²) in [5, 5.41) is 2.52. The van der Waals surface area contributed by atoms with Crippen LogP contribution in [0.3, 0.4) is 0 Å². The third kappa shape index (κ3) is 4.31. The molecule has 0 aromatic carbocycles. The molecule has 0 bridgehead atoms. The standard InChI is InChI=1S/C5H8BrNO3/c1-10-5(9)3-7-4(8)2-6/h2-3H2,1H3,(H,7,8). The fourth-order valence-electron chi connectivity index (χ4n) is 0.290. The van der Waals surface area contributed by atoms with E-state index in [1.165, 1.54) is 7.11 Å². The lowest BCUT2D eigenvalue weighted by atomic mass is 10.6. The third-order valence-corrected chi connectivity index (χ3v) is 1.29. The summed E-state index contributed by atoms with van der Waals surface area (Å²) >= 11 is 2.92. The van der Waals surface area contributed by atoms with Crippen molar-refractivity contribution in [2.24, 2.45) is 0 Å². The summed E-state index contributed by atoms with van der Waals surface area (Å²) in [7, 11) is 1.27. The number of hydrogen-bond acceptors (Lipinski definition) is 3. The Morgan fingerprint density at radius 2 is 2.20 bits per heavy atom. The van der Waals surface area contributed by atoms with Crippen LogP contribution >= 0.6 is 15.9 Å². The zero-order valence-electron chi connectivity index (χ0n) is 5.52. The molecule has 0 saturated heterocycles. The molecule has 0 heterocycles. The average Bonchev–Trinajstić information content (AvgIpc) is 1.99. The van der Waals surface area contributed by atoms with Crippen molar-refractivity contribution in [1.29, 1.82) is 0 Å². The van der Waals surface area contributed by atoms with Crippen LogP contribution in [0.2, 0.25) is 0 Å². The van der Waals surface area contributed by atoms with E-state index in [1.807, 2.05) is 0 Å². The van der Waals surface area contributed by atoms with Gasteiger partial charge in [0.15, 0.2) is 0 Å². The number of rotatable bonds is 3. The fraction of sp³-hybridized carbons (Fsp3) is 0.600. The molecule has 0 aromatic heterocycles. The first kappa shape index (κ1) is 9.42. The van der Waals surface area contributed by atoms with E-state index in [2.05, 4.69) is 26.0 Å². The average molecular weight is 210 g/mol. The van der Waals surface area contributed by atoms with E-state index < -0.39 is 5.97 Å². The Labute approximate surface area is 67.1 Å². The van der Waals surface area contributed by atoms with E-state index in [1.54, 1.807) is 0 Å². The number of esters is 1. The molecule has 0 rings (SSSR count). The number of carbonyl (C=O) groups excluding carboxylic acids is 2. The number of amides is 1. The molecule has 1 N–H and O–H groups in total. The molecule has 1 amide bonds. The van der Waals surface area contributed by atoms with Gasteiger partial charge >= 0.3 is 5.97 Å². The monoisotopic (exact) mass is 209 g/mol. The van der Waals surface area contributed by atoms with Crippen LogP contribution in [-0.4, -0.2) is 30.9 Å². The molecule has 10 heavy (non-hydrogen) atoms. The maximum atomic E-state index is 10.5. The van der Waals surface area contributed by atoms with Crippen molar-refractivity contribution in [2.75, 3.05) is 19.0 Å². The first-order valence-electron chi connectivity index (χ1n) is 2.60. The van der Waals surface area contributed by atoms with Gasteiger partial charge in [-0.25, -0.2) is 0 Å². The molecule has 0 aromatic rings. The first-order chi connectivity index (χ1) is 4.70. The van der Waals surface area contributed by atoms with Crippen molar-refractivity contribution in [2.45, 2.75) is 0 Å². The lowest BCUT2D eigenvalue weighted by molar-refractivity contribution is -0.140. The Bertz CT molecular complexity index is 121. The molecule has 0 aliphatic heterocycles. The number of halogens is 1. The van der Waals surface area contributed by atoms with Crippen LogP contribution in [0.5, 0.6) is 0 Å². The summed E-state index contributed by atoms with van der Waals surface area (Å²) in [5.41, 5.74) is 0. The summed E-state index contributed by atoms with van der Waals surface area (Å²) < 4.78 is 4.28. The Morgan fingerprint density at radius 1 is 1.60 bits per heavy atom. The van der Waals surface area contributed by atoms with Crippen LogP contribution in [0.4, 0.5) is 0 Å². The minimum atomic E-state index is -0.450. The molecular weight excluding hydrogens is 202 g/mol. The van der Waals surface area contributed by atoms with Gasteiger partial charge in [0.2, 0.25) is 5.91 Å². The summed E-state index contributed by atoms with van der Waals surface area (Å²) in [5.74, 6) is -0.681.